The molecule has 0 aliphatic rings. The van der Waals surface area contributed by atoms with Gasteiger partial charge in [0, 0.05) is 5.69 Å². The number of hydrogen-bond donors (Lipinski definition) is 3. The molecular weight excluding hydrogens is 318 g/mol. The minimum atomic E-state index is 0.137. The number of thiazole rings is 1. The lowest BCUT2D eigenvalue weighted by Gasteiger charge is -2.03. The van der Waals surface area contributed by atoms with Gasteiger partial charge in [-0.1, -0.05) is 11.3 Å². The molecule has 0 saturated carbocycles. The van der Waals surface area contributed by atoms with E-state index in [9.17, 15) is 0 Å². The minimum absolute atomic E-state index is 0.137. The number of methoxy groups -OCH3 is 1. The van der Waals surface area contributed by atoms with Crippen molar-refractivity contribution in [3.63, 3.8) is 0 Å². The van der Waals surface area contributed by atoms with Gasteiger partial charge in [-0.3, -0.25) is 5.43 Å². The van der Waals surface area contributed by atoms with Crippen LogP contribution in [0.1, 0.15) is 17.5 Å². The van der Waals surface area contributed by atoms with Crippen molar-refractivity contribution in [2.24, 2.45) is 10.8 Å². The molecule has 0 fully saturated rings. The number of nitrogens with two attached hydrogens (primary N) is 1. The van der Waals surface area contributed by atoms with Gasteiger partial charge in [-0.15, -0.1) is 0 Å². The van der Waals surface area contributed by atoms with Crippen molar-refractivity contribution in [2.45, 2.75) is 13.8 Å². The Balaban J connectivity index is 2.14. The topological polar surface area (TPSA) is 84.6 Å². The van der Waals surface area contributed by atoms with Crippen LogP contribution in [-0.4, -0.2) is 22.9 Å². The Bertz CT molecular complexity index is 694. The van der Waals surface area contributed by atoms with E-state index in [-0.39, 0.29) is 5.11 Å². The van der Waals surface area contributed by atoms with Crippen molar-refractivity contribution in [1.29, 1.82) is 0 Å². The molecule has 2 rings (SSSR count). The zero-order valence-electron chi connectivity index (χ0n) is 12.5. The number of hydrogen-bond acceptors (Lipinski definition) is 6. The van der Waals surface area contributed by atoms with Gasteiger partial charge < -0.3 is 15.8 Å². The van der Waals surface area contributed by atoms with Crippen molar-refractivity contribution in [3.05, 3.63) is 34.8 Å². The quantitative estimate of drug-likeness (QED) is 0.443. The molecule has 0 aliphatic carbocycles. The number of rotatable bonds is 5. The molecule has 0 unspecified atom stereocenters. The van der Waals surface area contributed by atoms with E-state index in [1.807, 2.05) is 38.1 Å². The molecule has 2 aromatic rings. The molecule has 0 bridgehead atoms. The molecule has 4 N–H and O–H groups in total. The predicted octanol–water partition coefficient (Wildman–Crippen LogP) is 2.76. The Kier molecular flexibility index (Phi) is 5.29. The van der Waals surface area contributed by atoms with E-state index in [2.05, 4.69) is 20.8 Å². The molecule has 0 amide bonds. The third kappa shape index (κ3) is 4.15. The average Bonchev–Trinajstić information content (AvgIpc) is 2.86. The van der Waals surface area contributed by atoms with Crippen LogP contribution in [0.2, 0.25) is 0 Å². The Morgan fingerprint density at radius 3 is 2.64 bits per heavy atom. The lowest BCUT2D eigenvalue weighted by molar-refractivity contribution is 0.415. The predicted molar refractivity (Wildman–Crippen MR) is 95.3 cm³/mol. The average molecular weight is 335 g/mol. The number of anilines is 2. The molecule has 0 atom stereocenters. The first-order valence-electron chi connectivity index (χ1n) is 6.48. The lowest BCUT2D eigenvalue weighted by Crippen LogP contribution is -2.25. The van der Waals surface area contributed by atoms with Gasteiger partial charge in [0.1, 0.15) is 5.75 Å². The van der Waals surface area contributed by atoms with Gasteiger partial charge in [0.2, 0.25) is 0 Å². The number of hydrazone groups is 1. The first-order valence-corrected chi connectivity index (χ1v) is 7.70. The summed E-state index contributed by atoms with van der Waals surface area (Å²) < 4.78 is 5.14. The normalized spacial score (nSPS) is 11.1. The van der Waals surface area contributed by atoms with Crippen LogP contribution < -0.4 is 21.2 Å². The van der Waals surface area contributed by atoms with Crippen LogP contribution >= 0.6 is 23.6 Å². The summed E-state index contributed by atoms with van der Waals surface area (Å²) in [6.07, 6.45) is 0. The Morgan fingerprint density at radius 1 is 1.36 bits per heavy atom. The summed E-state index contributed by atoms with van der Waals surface area (Å²) in [5.41, 5.74) is 10.6. The van der Waals surface area contributed by atoms with E-state index >= 15 is 0 Å². The van der Waals surface area contributed by atoms with E-state index in [0.29, 0.717) is 0 Å². The van der Waals surface area contributed by atoms with E-state index in [1.165, 1.54) is 11.3 Å². The van der Waals surface area contributed by atoms with Crippen molar-refractivity contribution in [2.75, 3.05) is 12.4 Å². The second-order valence-corrected chi connectivity index (χ2v) is 5.90. The molecule has 1 aromatic heterocycles. The van der Waals surface area contributed by atoms with Crippen LogP contribution in [0, 0.1) is 6.92 Å². The lowest BCUT2D eigenvalue weighted by atomic mass is 10.3. The number of aromatic nitrogens is 1. The number of nitrogens with zero attached hydrogens (tertiary/aromatic N) is 2. The van der Waals surface area contributed by atoms with E-state index in [4.69, 9.17) is 22.7 Å². The van der Waals surface area contributed by atoms with Crippen molar-refractivity contribution >= 4 is 45.2 Å². The fraction of sp³-hybridized carbons (Fsp3) is 0.214. The summed E-state index contributed by atoms with van der Waals surface area (Å²) in [6, 6.07) is 7.65. The van der Waals surface area contributed by atoms with Crippen LogP contribution in [0.5, 0.6) is 5.75 Å². The highest BCUT2D eigenvalue weighted by Gasteiger charge is 2.10. The Labute approximate surface area is 138 Å². The molecule has 6 nitrogen and oxygen atoms in total. The van der Waals surface area contributed by atoms with Crippen LogP contribution in [0.15, 0.2) is 29.4 Å². The van der Waals surface area contributed by atoms with Gasteiger partial charge in [0.25, 0.3) is 0 Å². The van der Waals surface area contributed by atoms with Gasteiger partial charge in [0.15, 0.2) is 10.2 Å². The number of thiocarbonyl (C=S) groups is 1. The first kappa shape index (κ1) is 16.2. The first-order chi connectivity index (χ1) is 10.5. The highest BCUT2D eigenvalue weighted by atomic mass is 32.1. The summed E-state index contributed by atoms with van der Waals surface area (Å²) in [7, 11) is 1.64. The monoisotopic (exact) mass is 335 g/mol. The van der Waals surface area contributed by atoms with Gasteiger partial charge in [-0.05, 0) is 50.3 Å². The maximum absolute atomic E-state index is 5.37. The molecule has 0 aliphatic heterocycles. The standard InChI is InChI=1S/C14H17N5OS2/c1-8-12(9(2)18-19-13(15)21)22-14(16-8)17-10-4-6-11(20-3)7-5-10/h4-7H,1-3H3,(H,16,17)(H3,15,19,21)/b18-9-. The molecule has 1 aromatic carbocycles. The summed E-state index contributed by atoms with van der Waals surface area (Å²) in [5.74, 6) is 0.813. The van der Waals surface area contributed by atoms with Crippen LogP contribution in [-0.2, 0) is 0 Å². The molecule has 8 heteroatoms. The third-order valence-corrected chi connectivity index (χ3v) is 4.07. The number of ether oxygens (including phenoxy) is 1. The SMILES string of the molecule is COc1ccc(Nc2nc(C)c(/C(C)=N\NC(N)=S)s2)cc1. The fourth-order valence-corrected chi connectivity index (χ4v) is 2.75. The summed E-state index contributed by atoms with van der Waals surface area (Å²) >= 11 is 6.25. The van der Waals surface area contributed by atoms with Crippen LogP contribution in [0.3, 0.4) is 0 Å². The van der Waals surface area contributed by atoms with E-state index < -0.39 is 0 Å². The molecule has 0 spiro atoms. The molecule has 1 heterocycles. The number of benzene rings is 1. The second kappa shape index (κ2) is 7.19. The maximum Gasteiger partial charge on any atom is 0.188 e. The Hall–Kier alpha value is -2.19. The maximum atomic E-state index is 5.37. The zero-order chi connectivity index (χ0) is 16.1. The fourth-order valence-electron chi connectivity index (χ4n) is 1.77. The summed E-state index contributed by atoms with van der Waals surface area (Å²) in [5, 5.41) is 8.32. The smallest absolute Gasteiger partial charge is 0.188 e. The van der Waals surface area contributed by atoms with Crippen LogP contribution in [0.4, 0.5) is 10.8 Å². The highest BCUT2D eigenvalue weighted by Crippen LogP contribution is 2.27. The Morgan fingerprint density at radius 2 is 2.05 bits per heavy atom. The van der Waals surface area contributed by atoms with Crippen molar-refractivity contribution in [1.82, 2.24) is 10.4 Å². The number of nitrogens with one attached hydrogen (secondary N) is 2. The van der Waals surface area contributed by atoms with Gasteiger partial charge >= 0.3 is 0 Å². The van der Waals surface area contributed by atoms with Crippen LogP contribution in [0.25, 0.3) is 0 Å². The molecule has 22 heavy (non-hydrogen) atoms. The van der Waals surface area contributed by atoms with Crippen molar-refractivity contribution in [3.8, 4) is 5.75 Å². The molecular formula is C14H17N5OS2. The zero-order valence-corrected chi connectivity index (χ0v) is 14.1. The third-order valence-electron chi connectivity index (χ3n) is 2.80. The van der Waals surface area contributed by atoms with E-state index in [1.54, 1.807) is 7.11 Å². The largest absolute Gasteiger partial charge is 0.497 e. The summed E-state index contributed by atoms with van der Waals surface area (Å²) in [6.45, 7) is 3.81. The summed E-state index contributed by atoms with van der Waals surface area (Å²) in [4.78, 5) is 5.47. The van der Waals surface area contributed by atoms with E-state index in [0.717, 1.165) is 32.9 Å². The molecule has 0 radical (unpaired) electrons. The van der Waals surface area contributed by atoms with Gasteiger partial charge in [-0.2, -0.15) is 5.10 Å². The number of aryl methyl sites for hydroxylation is 1. The second-order valence-electron chi connectivity index (χ2n) is 4.46. The van der Waals surface area contributed by atoms with Gasteiger partial charge in [0.05, 0.1) is 23.4 Å². The highest BCUT2D eigenvalue weighted by molar-refractivity contribution is 7.80. The molecule has 116 valence electrons. The van der Waals surface area contributed by atoms with Crippen molar-refractivity contribution < 1.29 is 4.74 Å². The molecule has 0 saturated heterocycles. The minimum Gasteiger partial charge on any atom is -0.497 e. The van der Waals surface area contributed by atoms with Gasteiger partial charge in [-0.25, -0.2) is 4.98 Å².